The van der Waals surface area contributed by atoms with Crippen LogP contribution in [0.3, 0.4) is 0 Å². The van der Waals surface area contributed by atoms with Gasteiger partial charge in [-0.15, -0.1) is 0 Å². The molecule has 1 aromatic carbocycles. The molecule has 0 spiro atoms. The van der Waals surface area contributed by atoms with E-state index in [0.29, 0.717) is 11.3 Å². The summed E-state index contributed by atoms with van der Waals surface area (Å²) in [5.41, 5.74) is 1.29. The summed E-state index contributed by atoms with van der Waals surface area (Å²) in [6, 6.07) is 6.80. The standard InChI is InChI=1S/C20H18N2O6/c1-27-19(25)14-5-3-4-10-22(17(14)20(26)28-2)13-8-6-12(7-9-13)15-11-16(23)21-18(15)24/h3-10,15H,11H2,1-2H3,(H,21,23,24). The van der Waals surface area contributed by atoms with Crippen LogP contribution >= 0.6 is 0 Å². The zero-order chi connectivity index (χ0) is 20.3. The number of nitrogens with zero attached hydrogens (tertiary/aromatic N) is 1. The molecule has 0 aromatic heterocycles. The second-order valence-electron chi connectivity index (χ2n) is 6.08. The first-order chi connectivity index (χ1) is 13.5. The topological polar surface area (TPSA) is 102 Å². The SMILES string of the molecule is COC(=O)C1=C(C(=O)OC)N(c2ccc(C3CC(=O)NC3=O)cc2)C=CC=C1. The molecule has 2 amide bonds. The number of amides is 2. The van der Waals surface area contributed by atoms with Gasteiger partial charge in [-0.25, -0.2) is 9.59 Å². The molecular weight excluding hydrogens is 364 g/mol. The Kier molecular flexibility index (Phi) is 5.39. The van der Waals surface area contributed by atoms with E-state index in [1.807, 2.05) is 0 Å². The Morgan fingerprint density at radius 2 is 1.71 bits per heavy atom. The zero-order valence-electron chi connectivity index (χ0n) is 15.3. The first-order valence-corrected chi connectivity index (χ1v) is 8.45. The van der Waals surface area contributed by atoms with Gasteiger partial charge in [0, 0.05) is 18.3 Å². The lowest BCUT2D eigenvalue weighted by Gasteiger charge is -2.23. The van der Waals surface area contributed by atoms with Crippen LogP contribution in [0.5, 0.6) is 0 Å². The summed E-state index contributed by atoms with van der Waals surface area (Å²) >= 11 is 0. The quantitative estimate of drug-likeness (QED) is 0.619. The van der Waals surface area contributed by atoms with Crippen molar-refractivity contribution in [1.82, 2.24) is 5.32 Å². The maximum Gasteiger partial charge on any atom is 0.355 e. The normalized spacial score (nSPS) is 18.8. The van der Waals surface area contributed by atoms with Crippen LogP contribution in [0.4, 0.5) is 5.69 Å². The molecule has 1 atom stereocenters. The highest BCUT2D eigenvalue weighted by Crippen LogP contribution is 2.30. The summed E-state index contributed by atoms with van der Waals surface area (Å²) in [6.45, 7) is 0. The second-order valence-corrected chi connectivity index (χ2v) is 6.08. The highest BCUT2D eigenvalue weighted by atomic mass is 16.5. The van der Waals surface area contributed by atoms with Gasteiger partial charge >= 0.3 is 11.9 Å². The number of ether oxygens (including phenoxy) is 2. The predicted octanol–water partition coefficient (Wildman–Crippen LogP) is 1.31. The minimum atomic E-state index is -0.707. The van der Waals surface area contributed by atoms with Gasteiger partial charge in [0.1, 0.15) is 5.70 Å². The molecule has 0 saturated carbocycles. The fourth-order valence-corrected chi connectivity index (χ4v) is 3.06. The van der Waals surface area contributed by atoms with E-state index in [2.05, 4.69) is 5.32 Å². The molecule has 28 heavy (non-hydrogen) atoms. The maximum absolute atomic E-state index is 12.4. The highest BCUT2D eigenvalue weighted by Gasteiger charge is 2.32. The van der Waals surface area contributed by atoms with Crippen LogP contribution < -0.4 is 10.2 Å². The maximum atomic E-state index is 12.4. The van der Waals surface area contributed by atoms with Gasteiger partial charge in [0.2, 0.25) is 11.8 Å². The van der Waals surface area contributed by atoms with Gasteiger partial charge in [-0.05, 0) is 29.8 Å². The summed E-state index contributed by atoms with van der Waals surface area (Å²) in [4.78, 5) is 49.3. The molecule has 1 aromatic rings. The number of esters is 2. The number of carbonyl (C=O) groups is 4. The van der Waals surface area contributed by atoms with Crippen LogP contribution in [-0.4, -0.2) is 38.0 Å². The number of hydrogen-bond acceptors (Lipinski definition) is 7. The number of carbonyl (C=O) groups excluding carboxylic acids is 4. The van der Waals surface area contributed by atoms with Crippen molar-refractivity contribution in [2.75, 3.05) is 19.1 Å². The van der Waals surface area contributed by atoms with Gasteiger partial charge in [-0.2, -0.15) is 0 Å². The van der Waals surface area contributed by atoms with Crippen molar-refractivity contribution < 1.29 is 28.7 Å². The van der Waals surface area contributed by atoms with Crippen LogP contribution in [0.2, 0.25) is 0 Å². The fraction of sp³-hybridized carbons (Fsp3) is 0.200. The molecule has 8 heteroatoms. The number of rotatable bonds is 4. The Morgan fingerprint density at radius 1 is 1.04 bits per heavy atom. The van der Waals surface area contributed by atoms with E-state index >= 15 is 0 Å². The molecule has 8 nitrogen and oxygen atoms in total. The Balaban J connectivity index is 2.00. The van der Waals surface area contributed by atoms with E-state index in [1.165, 1.54) is 25.2 Å². The number of imide groups is 1. The van der Waals surface area contributed by atoms with Gasteiger partial charge in [0.05, 0.1) is 25.7 Å². The number of nitrogens with one attached hydrogen (secondary N) is 1. The Labute approximate surface area is 161 Å². The number of methoxy groups -OCH3 is 2. The van der Waals surface area contributed by atoms with Crippen LogP contribution in [0.15, 0.2) is 60.0 Å². The van der Waals surface area contributed by atoms with E-state index in [4.69, 9.17) is 9.47 Å². The fourth-order valence-electron chi connectivity index (χ4n) is 3.06. The first-order valence-electron chi connectivity index (χ1n) is 8.45. The third kappa shape index (κ3) is 3.57. The van der Waals surface area contributed by atoms with Crippen molar-refractivity contribution in [2.24, 2.45) is 0 Å². The number of benzene rings is 1. The van der Waals surface area contributed by atoms with Gasteiger partial charge in [-0.3, -0.25) is 14.9 Å². The summed E-state index contributed by atoms with van der Waals surface area (Å²) in [5.74, 6) is -2.56. The molecule has 1 N–H and O–H groups in total. The van der Waals surface area contributed by atoms with E-state index in [-0.39, 0.29) is 29.5 Å². The average molecular weight is 382 g/mol. The Bertz CT molecular complexity index is 927. The number of hydrogen-bond donors (Lipinski definition) is 1. The monoisotopic (exact) mass is 382 g/mol. The third-order valence-corrected chi connectivity index (χ3v) is 4.43. The molecule has 2 heterocycles. The van der Waals surface area contributed by atoms with Crippen molar-refractivity contribution >= 4 is 29.4 Å². The number of allylic oxidation sites excluding steroid dienone is 2. The Hall–Kier alpha value is -3.68. The largest absolute Gasteiger partial charge is 0.465 e. The molecule has 1 unspecified atom stereocenters. The Morgan fingerprint density at radius 3 is 2.29 bits per heavy atom. The summed E-state index contributed by atoms with van der Waals surface area (Å²) in [7, 11) is 2.45. The zero-order valence-corrected chi connectivity index (χ0v) is 15.3. The van der Waals surface area contributed by atoms with Crippen LogP contribution in [-0.2, 0) is 28.7 Å². The molecule has 2 aliphatic heterocycles. The van der Waals surface area contributed by atoms with Crippen molar-refractivity contribution in [3.63, 3.8) is 0 Å². The van der Waals surface area contributed by atoms with Gasteiger partial charge in [0.15, 0.2) is 0 Å². The molecular formula is C20H18N2O6. The molecule has 144 valence electrons. The lowest BCUT2D eigenvalue weighted by atomic mass is 9.97. The number of anilines is 1. The van der Waals surface area contributed by atoms with Gasteiger partial charge in [0.25, 0.3) is 0 Å². The predicted molar refractivity (Wildman–Crippen MR) is 98.8 cm³/mol. The highest BCUT2D eigenvalue weighted by molar-refractivity contribution is 6.06. The smallest absolute Gasteiger partial charge is 0.355 e. The van der Waals surface area contributed by atoms with Gasteiger partial charge in [-0.1, -0.05) is 18.2 Å². The minimum absolute atomic E-state index is 0.000821. The van der Waals surface area contributed by atoms with Crippen LogP contribution in [0.25, 0.3) is 0 Å². The van der Waals surface area contributed by atoms with E-state index in [0.717, 1.165) is 0 Å². The third-order valence-electron chi connectivity index (χ3n) is 4.43. The van der Waals surface area contributed by atoms with Crippen molar-refractivity contribution in [3.05, 3.63) is 65.5 Å². The molecule has 1 saturated heterocycles. The van der Waals surface area contributed by atoms with E-state index in [9.17, 15) is 19.2 Å². The lowest BCUT2D eigenvalue weighted by molar-refractivity contribution is -0.139. The molecule has 0 radical (unpaired) electrons. The minimum Gasteiger partial charge on any atom is -0.465 e. The average Bonchev–Trinajstić information content (AvgIpc) is 2.91. The summed E-state index contributed by atoms with van der Waals surface area (Å²) in [5, 5.41) is 2.28. The van der Waals surface area contributed by atoms with Crippen molar-refractivity contribution in [2.45, 2.75) is 12.3 Å². The molecule has 3 rings (SSSR count). The molecule has 0 bridgehead atoms. The molecule has 1 fully saturated rings. The molecule has 0 aliphatic carbocycles. The van der Waals surface area contributed by atoms with Crippen molar-refractivity contribution in [1.29, 1.82) is 0 Å². The lowest BCUT2D eigenvalue weighted by Crippen LogP contribution is -2.27. The first kappa shape index (κ1) is 19.1. The van der Waals surface area contributed by atoms with E-state index in [1.54, 1.807) is 42.6 Å². The van der Waals surface area contributed by atoms with Crippen molar-refractivity contribution in [3.8, 4) is 0 Å². The second kappa shape index (κ2) is 7.91. The summed E-state index contributed by atoms with van der Waals surface area (Å²) in [6.07, 6.45) is 6.45. The summed E-state index contributed by atoms with van der Waals surface area (Å²) < 4.78 is 9.62. The van der Waals surface area contributed by atoms with Crippen LogP contribution in [0, 0.1) is 0 Å². The van der Waals surface area contributed by atoms with Gasteiger partial charge < -0.3 is 14.4 Å². The van der Waals surface area contributed by atoms with E-state index < -0.39 is 17.9 Å². The molecule has 2 aliphatic rings. The van der Waals surface area contributed by atoms with Crippen LogP contribution in [0.1, 0.15) is 17.9 Å².